The minimum absolute atomic E-state index is 0.256. The smallest absolute Gasteiger partial charge is 0.119 e. The molecule has 0 aromatic heterocycles. The third kappa shape index (κ3) is 3.38. The van der Waals surface area contributed by atoms with E-state index < -0.39 is 0 Å². The molecular weight excluding hydrogens is 174 g/mol. The zero-order chi connectivity index (χ0) is 10.4. The fourth-order valence-corrected chi connectivity index (χ4v) is 1.38. The maximum Gasteiger partial charge on any atom is 0.119 e. The summed E-state index contributed by atoms with van der Waals surface area (Å²) in [6, 6.07) is 8.41. The lowest BCUT2D eigenvalue weighted by Crippen LogP contribution is -2.21. The quantitative estimate of drug-likeness (QED) is 0.779. The van der Waals surface area contributed by atoms with Crippen LogP contribution in [0.15, 0.2) is 24.3 Å². The molecule has 1 atom stereocenters. The first-order chi connectivity index (χ1) is 6.76. The lowest BCUT2D eigenvalue weighted by Gasteiger charge is -2.10. The molecule has 0 fully saturated rings. The third-order valence-electron chi connectivity index (χ3n) is 2.23. The molecule has 1 rings (SSSR count). The van der Waals surface area contributed by atoms with Gasteiger partial charge in [0, 0.05) is 6.04 Å². The molecule has 0 aliphatic rings. The second-order valence-electron chi connectivity index (χ2n) is 3.45. The average molecular weight is 193 g/mol. The van der Waals surface area contributed by atoms with Crippen molar-refractivity contribution in [1.29, 1.82) is 0 Å². The zero-order valence-corrected chi connectivity index (χ0v) is 8.99. The van der Waals surface area contributed by atoms with Gasteiger partial charge in [0.05, 0.1) is 6.61 Å². The molecule has 0 spiro atoms. The monoisotopic (exact) mass is 193 g/mol. The van der Waals surface area contributed by atoms with Gasteiger partial charge < -0.3 is 10.5 Å². The molecule has 0 aliphatic carbocycles. The Labute approximate surface area is 86.1 Å². The predicted molar refractivity (Wildman–Crippen MR) is 59.6 cm³/mol. The Morgan fingerprint density at radius 3 is 2.79 bits per heavy atom. The van der Waals surface area contributed by atoms with Crippen LogP contribution in [-0.4, -0.2) is 12.6 Å². The Bertz CT molecular complexity index is 273. The van der Waals surface area contributed by atoms with E-state index in [0.717, 1.165) is 18.6 Å². The lowest BCUT2D eigenvalue weighted by atomic mass is 10.0. The molecule has 0 radical (unpaired) electrons. The van der Waals surface area contributed by atoms with E-state index in [4.69, 9.17) is 10.5 Å². The molecule has 0 amide bonds. The molecule has 0 saturated heterocycles. The molecule has 2 nitrogen and oxygen atoms in total. The first-order valence-corrected chi connectivity index (χ1v) is 5.23. The van der Waals surface area contributed by atoms with Crippen LogP contribution in [0.4, 0.5) is 0 Å². The van der Waals surface area contributed by atoms with Gasteiger partial charge in [-0.2, -0.15) is 0 Å². The maximum absolute atomic E-state index is 5.89. The Morgan fingerprint density at radius 1 is 1.36 bits per heavy atom. The Hall–Kier alpha value is -1.02. The molecule has 1 aromatic carbocycles. The van der Waals surface area contributed by atoms with Gasteiger partial charge in [-0.3, -0.25) is 0 Å². The summed E-state index contributed by atoms with van der Waals surface area (Å²) in [6.07, 6.45) is 1.94. The van der Waals surface area contributed by atoms with Crippen LogP contribution in [0.2, 0.25) is 0 Å². The molecule has 2 N–H and O–H groups in total. The Balaban J connectivity index is 2.63. The van der Waals surface area contributed by atoms with Gasteiger partial charge in [0.25, 0.3) is 0 Å². The van der Waals surface area contributed by atoms with Crippen LogP contribution in [0.1, 0.15) is 25.8 Å². The summed E-state index contributed by atoms with van der Waals surface area (Å²) < 4.78 is 5.42. The van der Waals surface area contributed by atoms with Crippen molar-refractivity contribution in [3.63, 3.8) is 0 Å². The van der Waals surface area contributed by atoms with Crippen molar-refractivity contribution >= 4 is 0 Å². The normalized spacial score (nSPS) is 12.5. The average Bonchev–Trinajstić information content (AvgIpc) is 2.19. The summed E-state index contributed by atoms with van der Waals surface area (Å²) in [5.41, 5.74) is 7.14. The van der Waals surface area contributed by atoms with Gasteiger partial charge in [-0.15, -0.1) is 0 Å². The molecular formula is C12H19NO. The van der Waals surface area contributed by atoms with Crippen molar-refractivity contribution in [2.24, 2.45) is 5.73 Å². The van der Waals surface area contributed by atoms with E-state index in [1.165, 1.54) is 5.56 Å². The van der Waals surface area contributed by atoms with E-state index in [-0.39, 0.29) is 6.04 Å². The second kappa shape index (κ2) is 5.66. The molecule has 1 aromatic rings. The maximum atomic E-state index is 5.89. The predicted octanol–water partition coefficient (Wildman–Crippen LogP) is 2.37. The van der Waals surface area contributed by atoms with Gasteiger partial charge in [-0.25, -0.2) is 0 Å². The van der Waals surface area contributed by atoms with E-state index in [9.17, 15) is 0 Å². The highest BCUT2D eigenvalue weighted by Gasteiger charge is 2.02. The standard InChI is InChI=1S/C12H19NO/c1-3-11(13)8-10-6-5-7-12(9-10)14-4-2/h5-7,9,11H,3-4,8,13H2,1-2H3/t11-/m1/s1. The van der Waals surface area contributed by atoms with Crippen molar-refractivity contribution in [3.8, 4) is 5.75 Å². The second-order valence-corrected chi connectivity index (χ2v) is 3.45. The minimum Gasteiger partial charge on any atom is -0.494 e. The number of hydrogen-bond acceptors (Lipinski definition) is 2. The lowest BCUT2D eigenvalue weighted by molar-refractivity contribution is 0.340. The molecule has 2 heteroatoms. The van der Waals surface area contributed by atoms with Crippen molar-refractivity contribution in [3.05, 3.63) is 29.8 Å². The van der Waals surface area contributed by atoms with Crippen molar-refractivity contribution in [1.82, 2.24) is 0 Å². The fourth-order valence-electron chi connectivity index (χ4n) is 1.38. The largest absolute Gasteiger partial charge is 0.494 e. The van der Waals surface area contributed by atoms with Crippen LogP contribution < -0.4 is 10.5 Å². The molecule has 14 heavy (non-hydrogen) atoms. The van der Waals surface area contributed by atoms with Crippen LogP contribution in [0.5, 0.6) is 5.75 Å². The van der Waals surface area contributed by atoms with E-state index in [2.05, 4.69) is 19.1 Å². The summed E-state index contributed by atoms with van der Waals surface area (Å²) in [5, 5.41) is 0. The summed E-state index contributed by atoms with van der Waals surface area (Å²) >= 11 is 0. The topological polar surface area (TPSA) is 35.2 Å². The number of hydrogen-bond donors (Lipinski definition) is 1. The van der Waals surface area contributed by atoms with Crippen LogP contribution in [0.3, 0.4) is 0 Å². The Morgan fingerprint density at radius 2 is 2.14 bits per heavy atom. The van der Waals surface area contributed by atoms with Crippen molar-refractivity contribution in [2.45, 2.75) is 32.7 Å². The number of rotatable bonds is 5. The molecule has 78 valence electrons. The highest BCUT2D eigenvalue weighted by molar-refractivity contribution is 5.29. The van der Waals surface area contributed by atoms with Crippen LogP contribution in [-0.2, 0) is 6.42 Å². The fraction of sp³-hybridized carbons (Fsp3) is 0.500. The molecule has 0 heterocycles. The highest BCUT2D eigenvalue weighted by Crippen LogP contribution is 2.14. The summed E-state index contributed by atoms with van der Waals surface area (Å²) in [5.74, 6) is 0.938. The van der Waals surface area contributed by atoms with E-state index in [0.29, 0.717) is 6.61 Å². The van der Waals surface area contributed by atoms with Gasteiger partial charge in [-0.05, 0) is 37.5 Å². The van der Waals surface area contributed by atoms with Gasteiger partial charge in [0.1, 0.15) is 5.75 Å². The zero-order valence-electron chi connectivity index (χ0n) is 8.99. The van der Waals surface area contributed by atoms with Gasteiger partial charge >= 0.3 is 0 Å². The van der Waals surface area contributed by atoms with Crippen molar-refractivity contribution in [2.75, 3.05) is 6.61 Å². The molecule has 0 unspecified atom stereocenters. The SMILES string of the molecule is CCOc1cccc(C[C@H](N)CC)c1. The Kier molecular flexibility index (Phi) is 4.47. The summed E-state index contributed by atoms with van der Waals surface area (Å²) in [7, 11) is 0. The first-order valence-electron chi connectivity index (χ1n) is 5.23. The minimum atomic E-state index is 0.256. The van der Waals surface area contributed by atoms with Gasteiger partial charge in [-0.1, -0.05) is 19.1 Å². The highest BCUT2D eigenvalue weighted by atomic mass is 16.5. The van der Waals surface area contributed by atoms with Crippen LogP contribution in [0.25, 0.3) is 0 Å². The molecule has 0 bridgehead atoms. The van der Waals surface area contributed by atoms with E-state index in [1.54, 1.807) is 0 Å². The third-order valence-corrected chi connectivity index (χ3v) is 2.23. The van der Waals surface area contributed by atoms with Crippen LogP contribution in [0, 0.1) is 0 Å². The van der Waals surface area contributed by atoms with E-state index >= 15 is 0 Å². The van der Waals surface area contributed by atoms with Gasteiger partial charge in [0.2, 0.25) is 0 Å². The van der Waals surface area contributed by atoms with Crippen molar-refractivity contribution < 1.29 is 4.74 Å². The van der Waals surface area contributed by atoms with Gasteiger partial charge in [0.15, 0.2) is 0 Å². The summed E-state index contributed by atoms with van der Waals surface area (Å²) in [6.45, 7) is 4.81. The first kappa shape index (κ1) is 11.1. The molecule has 0 aliphatic heterocycles. The number of benzene rings is 1. The molecule has 0 saturated carbocycles. The van der Waals surface area contributed by atoms with Crippen LogP contribution >= 0.6 is 0 Å². The number of nitrogens with two attached hydrogens (primary N) is 1. The van der Waals surface area contributed by atoms with E-state index in [1.807, 2.05) is 19.1 Å². The number of ether oxygens (including phenoxy) is 1. The summed E-state index contributed by atoms with van der Waals surface area (Å²) in [4.78, 5) is 0.